The molecule has 0 aliphatic rings. The fourth-order valence-electron chi connectivity index (χ4n) is 2.24. The third-order valence-electron chi connectivity index (χ3n) is 3.22. The van der Waals surface area contributed by atoms with E-state index in [2.05, 4.69) is 20.9 Å². The van der Waals surface area contributed by atoms with Gasteiger partial charge in [-0.15, -0.1) is 0 Å². The maximum atomic E-state index is 11.0. The number of halogens is 1. The summed E-state index contributed by atoms with van der Waals surface area (Å²) >= 11 is 3.45. The minimum Gasteiger partial charge on any atom is -0.303 e. The highest BCUT2D eigenvalue weighted by Gasteiger charge is 2.09. The van der Waals surface area contributed by atoms with E-state index in [4.69, 9.17) is 0 Å². The van der Waals surface area contributed by atoms with E-state index in [0.717, 1.165) is 33.4 Å². The lowest BCUT2D eigenvalue weighted by Gasteiger charge is -1.99. The van der Waals surface area contributed by atoms with Gasteiger partial charge in [-0.05, 0) is 39.7 Å². The average Bonchev–Trinajstić information content (AvgIpc) is 2.84. The van der Waals surface area contributed by atoms with E-state index in [0.29, 0.717) is 6.42 Å². The molecule has 3 nitrogen and oxygen atoms in total. The molecule has 0 amide bonds. The highest BCUT2D eigenvalue weighted by molar-refractivity contribution is 9.10. The third-order valence-corrected chi connectivity index (χ3v) is 3.69. The number of rotatable bonds is 4. The van der Waals surface area contributed by atoms with Gasteiger partial charge in [0.25, 0.3) is 0 Å². The first-order valence-electron chi connectivity index (χ1n) is 6.61. The van der Waals surface area contributed by atoms with E-state index < -0.39 is 0 Å². The first kappa shape index (κ1) is 13.8. The summed E-state index contributed by atoms with van der Waals surface area (Å²) in [4.78, 5) is 15.5. The van der Waals surface area contributed by atoms with Crippen molar-refractivity contribution in [1.82, 2.24) is 9.38 Å². The van der Waals surface area contributed by atoms with Crippen LogP contribution in [0.25, 0.3) is 17.8 Å². The molecule has 0 radical (unpaired) electrons. The molecule has 2 aromatic heterocycles. The molecule has 21 heavy (non-hydrogen) atoms. The van der Waals surface area contributed by atoms with E-state index >= 15 is 0 Å². The normalized spacial score (nSPS) is 11.3. The maximum absolute atomic E-state index is 11.0. The van der Waals surface area contributed by atoms with Gasteiger partial charge in [0, 0.05) is 17.1 Å². The van der Waals surface area contributed by atoms with E-state index in [1.165, 1.54) is 0 Å². The molecule has 0 N–H and O–H groups in total. The predicted molar refractivity (Wildman–Crippen MR) is 88.0 cm³/mol. The number of pyridine rings is 1. The van der Waals surface area contributed by atoms with Crippen molar-refractivity contribution in [3.05, 3.63) is 70.1 Å². The summed E-state index contributed by atoms with van der Waals surface area (Å²) in [5.74, 6) is 0. The average molecular weight is 341 g/mol. The molecule has 0 saturated heterocycles. The lowest BCUT2D eigenvalue weighted by atomic mass is 10.2. The monoisotopic (exact) mass is 340 g/mol. The highest BCUT2D eigenvalue weighted by Crippen LogP contribution is 2.19. The Morgan fingerprint density at radius 3 is 2.67 bits per heavy atom. The van der Waals surface area contributed by atoms with Crippen molar-refractivity contribution < 1.29 is 4.79 Å². The van der Waals surface area contributed by atoms with Crippen LogP contribution < -0.4 is 0 Å². The summed E-state index contributed by atoms with van der Waals surface area (Å²) in [5, 5.41) is 0. The molecule has 0 aliphatic carbocycles. The van der Waals surface area contributed by atoms with Crippen molar-refractivity contribution >= 4 is 40.0 Å². The Kier molecular flexibility index (Phi) is 3.97. The number of hydrogen-bond acceptors (Lipinski definition) is 2. The standard InChI is InChI=1S/C17H13BrN2O/c18-14-7-9-17-19-15(16(10-11-21)20(17)12-14)8-6-13-4-2-1-3-5-13/h1-9,11-12H,10H2/b8-6+. The molecule has 0 unspecified atom stereocenters. The Hall–Kier alpha value is -2.20. The van der Waals surface area contributed by atoms with Gasteiger partial charge in [0.1, 0.15) is 11.9 Å². The Balaban J connectivity index is 2.07. The number of aldehydes is 1. The molecule has 0 spiro atoms. The SMILES string of the molecule is O=CCc1c(/C=C/c2ccccc2)nc2ccc(Br)cn12. The van der Waals surface area contributed by atoms with Gasteiger partial charge < -0.3 is 9.20 Å². The van der Waals surface area contributed by atoms with Crippen LogP contribution in [0.15, 0.2) is 53.1 Å². The van der Waals surface area contributed by atoms with Crippen molar-refractivity contribution in [3.63, 3.8) is 0 Å². The van der Waals surface area contributed by atoms with Crippen LogP contribution in [0.1, 0.15) is 17.0 Å². The van der Waals surface area contributed by atoms with Gasteiger partial charge in [0.2, 0.25) is 0 Å². The second-order valence-corrected chi connectivity index (χ2v) is 5.55. The maximum Gasteiger partial charge on any atom is 0.137 e. The molecule has 3 rings (SSSR count). The number of aromatic nitrogens is 2. The first-order valence-corrected chi connectivity index (χ1v) is 7.40. The van der Waals surface area contributed by atoms with Gasteiger partial charge in [-0.25, -0.2) is 4.98 Å². The van der Waals surface area contributed by atoms with Crippen LogP contribution in [0.3, 0.4) is 0 Å². The van der Waals surface area contributed by atoms with Crippen LogP contribution in [0, 0.1) is 0 Å². The molecule has 4 heteroatoms. The van der Waals surface area contributed by atoms with Crippen molar-refractivity contribution in [1.29, 1.82) is 0 Å². The third kappa shape index (κ3) is 2.95. The summed E-state index contributed by atoms with van der Waals surface area (Å²) in [5.41, 5.74) is 3.66. The molecule has 0 aliphatic heterocycles. The molecule has 104 valence electrons. The van der Waals surface area contributed by atoms with Gasteiger partial charge in [0.05, 0.1) is 11.4 Å². The lowest BCUT2D eigenvalue weighted by Crippen LogP contribution is -1.95. The molecule has 1 aromatic carbocycles. The number of fused-ring (bicyclic) bond motifs is 1. The molecule has 0 saturated carbocycles. The van der Waals surface area contributed by atoms with Gasteiger partial charge in [-0.2, -0.15) is 0 Å². The van der Waals surface area contributed by atoms with Crippen LogP contribution in [0.4, 0.5) is 0 Å². The van der Waals surface area contributed by atoms with Gasteiger partial charge in [-0.3, -0.25) is 0 Å². The number of benzene rings is 1. The van der Waals surface area contributed by atoms with Crippen molar-refractivity contribution in [3.8, 4) is 0 Å². The fourth-order valence-corrected chi connectivity index (χ4v) is 2.58. The second kappa shape index (κ2) is 6.06. The fraction of sp³-hybridized carbons (Fsp3) is 0.0588. The number of carbonyl (C=O) groups is 1. The van der Waals surface area contributed by atoms with Gasteiger partial charge in [-0.1, -0.05) is 36.4 Å². The smallest absolute Gasteiger partial charge is 0.137 e. The van der Waals surface area contributed by atoms with E-state index in [1.54, 1.807) is 0 Å². The van der Waals surface area contributed by atoms with Crippen LogP contribution in [0.2, 0.25) is 0 Å². The Bertz CT molecular complexity index is 806. The minimum atomic E-state index is 0.339. The zero-order valence-corrected chi connectivity index (χ0v) is 12.8. The number of carbonyl (C=O) groups excluding carboxylic acids is 1. The zero-order chi connectivity index (χ0) is 14.7. The van der Waals surface area contributed by atoms with E-state index in [9.17, 15) is 4.79 Å². The minimum absolute atomic E-state index is 0.339. The lowest BCUT2D eigenvalue weighted by molar-refractivity contribution is -0.107. The topological polar surface area (TPSA) is 34.4 Å². The summed E-state index contributed by atoms with van der Waals surface area (Å²) < 4.78 is 2.90. The van der Waals surface area contributed by atoms with Crippen molar-refractivity contribution in [2.24, 2.45) is 0 Å². The number of imidazole rings is 1. The number of hydrogen-bond donors (Lipinski definition) is 0. The van der Waals surface area contributed by atoms with Crippen LogP contribution in [-0.4, -0.2) is 15.7 Å². The van der Waals surface area contributed by atoms with Crippen LogP contribution in [0.5, 0.6) is 0 Å². The Morgan fingerprint density at radius 2 is 1.90 bits per heavy atom. The zero-order valence-electron chi connectivity index (χ0n) is 11.2. The molecule has 0 atom stereocenters. The second-order valence-electron chi connectivity index (χ2n) is 4.63. The summed E-state index contributed by atoms with van der Waals surface area (Å²) in [6.45, 7) is 0. The molecule has 3 aromatic rings. The van der Waals surface area contributed by atoms with Gasteiger partial charge in [0.15, 0.2) is 0 Å². The largest absolute Gasteiger partial charge is 0.303 e. The molecular weight excluding hydrogens is 328 g/mol. The quantitative estimate of drug-likeness (QED) is 0.672. The van der Waals surface area contributed by atoms with Crippen molar-refractivity contribution in [2.75, 3.05) is 0 Å². The Labute approximate surface area is 131 Å². The van der Waals surface area contributed by atoms with Crippen LogP contribution in [-0.2, 0) is 11.2 Å². The van der Waals surface area contributed by atoms with E-state index in [-0.39, 0.29) is 0 Å². The number of nitrogens with zero attached hydrogens (tertiary/aromatic N) is 2. The van der Waals surface area contributed by atoms with E-state index in [1.807, 2.05) is 65.2 Å². The van der Waals surface area contributed by atoms with Gasteiger partial charge >= 0.3 is 0 Å². The molecule has 0 fully saturated rings. The molecule has 0 bridgehead atoms. The highest BCUT2D eigenvalue weighted by atomic mass is 79.9. The van der Waals surface area contributed by atoms with Crippen LogP contribution >= 0.6 is 15.9 Å². The molecule has 2 heterocycles. The van der Waals surface area contributed by atoms with Crippen molar-refractivity contribution in [2.45, 2.75) is 6.42 Å². The first-order chi connectivity index (χ1) is 10.3. The summed E-state index contributed by atoms with van der Waals surface area (Å²) in [6, 6.07) is 13.9. The molecular formula is C17H13BrN2O. The summed E-state index contributed by atoms with van der Waals surface area (Å²) in [7, 11) is 0. The predicted octanol–water partition coefficient (Wildman–Crippen LogP) is 4.01. The summed E-state index contributed by atoms with van der Waals surface area (Å²) in [6.07, 6.45) is 7.14. The Morgan fingerprint density at radius 1 is 1.10 bits per heavy atom.